The summed E-state index contributed by atoms with van der Waals surface area (Å²) < 4.78 is 10.8. The third kappa shape index (κ3) is 4.06. The van der Waals surface area contributed by atoms with Crippen LogP contribution in [0.2, 0.25) is 0 Å². The topological polar surface area (TPSA) is 25.6 Å². The first-order chi connectivity index (χ1) is 7.13. The molecule has 1 rings (SSSR count). The first kappa shape index (κ1) is 12.3. The molecule has 86 valence electrons. The number of aryl methyl sites for hydroxylation is 2. The monoisotopic (exact) mass is 211 g/mol. The fraction of sp³-hybridized carbons (Fsp3) is 0.667. The molecule has 0 aromatic carbocycles. The molecule has 1 aromatic heterocycles. The Labute approximate surface area is 92.0 Å². The summed E-state index contributed by atoms with van der Waals surface area (Å²) in [5, 5.41) is 0. The van der Waals surface area contributed by atoms with E-state index in [2.05, 4.69) is 18.0 Å². The van der Waals surface area contributed by atoms with Gasteiger partial charge in [0.1, 0.15) is 11.5 Å². The van der Waals surface area contributed by atoms with Gasteiger partial charge in [-0.3, -0.25) is 4.90 Å². The zero-order chi connectivity index (χ0) is 11.3. The molecule has 0 bridgehead atoms. The van der Waals surface area contributed by atoms with E-state index in [4.69, 9.17) is 9.15 Å². The van der Waals surface area contributed by atoms with Crippen LogP contribution in [-0.4, -0.2) is 31.7 Å². The summed E-state index contributed by atoms with van der Waals surface area (Å²) in [4.78, 5) is 2.24. The first-order valence-electron chi connectivity index (χ1n) is 5.45. The molecule has 3 nitrogen and oxygen atoms in total. The SMILES string of the molecule is CCOCCN(C)Cc1cc(C)oc1C. The van der Waals surface area contributed by atoms with Crippen molar-refractivity contribution in [3.05, 3.63) is 23.2 Å². The van der Waals surface area contributed by atoms with Gasteiger partial charge in [-0.1, -0.05) is 0 Å². The van der Waals surface area contributed by atoms with Gasteiger partial charge in [-0.25, -0.2) is 0 Å². The zero-order valence-corrected chi connectivity index (χ0v) is 10.2. The lowest BCUT2D eigenvalue weighted by Gasteiger charge is -2.15. The predicted octanol–water partition coefficient (Wildman–Crippen LogP) is 2.36. The molecule has 0 radical (unpaired) electrons. The minimum absolute atomic E-state index is 0.789. The van der Waals surface area contributed by atoms with Crippen LogP contribution in [0.15, 0.2) is 10.5 Å². The molecule has 0 N–H and O–H groups in total. The second-order valence-electron chi connectivity index (χ2n) is 3.87. The molecule has 0 amide bonds. The second kappa shape index (κ2) is 5.93. The van der Waals surface area contributed by atoms with Crippen molar-refractivity contribution in [2.24, 2.45) is 0 Å². The van der Waals surface area contributed by atoms with Crippen LogP contribution in [0.25, 0.3) is 0 Å². The molecule has 0 unspecified atom stereocenters. The molecule has 1 heterocycles. The summed E-state index contributed by atoms with van der Waals surface area (Å²) in [6.07, 6.45) is 0. The summed E-state index contributed by atoms with van der Waals surface area (Å²) in [5.74, 6) is 2.01. The number of rotatable bonds is 6. The van der Waals surface area contributed by atoms with Crippen LogP contribution in [0, 0.1) is 13.8 Å². The fourth-order valence-corrected chi connectivity index (χ4v) is 1.58. The Morgan fingerprint density at radius 2 is 2.13 bits per heavy atom. The summed E-state index contributed by atoms with van der Waals surface area (Å²) in [7, 11) is 2.10. The first-order valence-corrected chi connectivity index (χ1v) is 5.45. The van der Waals surface area contributed by atoms with E-state index in [9.17, 15) is 0 Å². The van der Waals surface area contributed by atoms with E-state index in [1.165, 1.54) is 5.56 Å². The maximum atomic E-state index is 5.48. The molecule has 0 saturated carbocycles. The van der Waals surface area contributed by atoms with Crippen LogP contribution in [0.3, 0.4) is 0 Å². The van der Waals surface area contributed by atoms with Gasteiger partial charge in [0.05, 0.1) is 6.61 Å². The summed E-state index contributed by atoms with van der Waals surface area (Å²) in [6, 6.07) is 2.10. The van der Waals surface area contributed by atoms with Crippen molar-refractivity contribution in [1.29, 1.82) is 0 Å². The predicted molar refractivity (Wildman–Crippen MR) is 61.0 cm³/mol. The molecule has 0 saturated heterocycles. The van der Waals surface area contributed by atoms with Crippen molar-refractivity contribution in [3.63, 3.8) is 0 Å². The molecular formula is C12H21NO2. The van der Waals surface area contributed by atoms with Crippen molar-refractivity contribution in [2.45, 2.75) is 27.3 Å². The molecule has 3 heteroatoms. The number of hydrogen-bond acceptors (Lipinski definition) is 3. The van der Waals surface area contributed by atoms with Gasteiger partial charge in [-0.2, -0.15) is 0 Å². The number of hydrogen-bond donors (Lipinski definition) is 0. The van der Waals surface area contributed by atoms with Crippen LogP contribution < -0.4 is 0 Å². The summed E-state index contributed by atoms with van der Waals surface area (Å²) in [5.41, 5.74) is 1.27. The van der Waals surface area contributed by atoms with E-state index < -0.39 is 0 Å². The highest BCUT2D eigenvalue weighted by molar-refractivity contribution is 5.19. The molecule has 1 aromatic rings. The number of ether oxygens (including phenoxy) is 1. The van der Waals surface area contributed by atoms with Crippen LogP contribution >= 0.6 is 0 Å². The largest absolute Gasteiger partial charge is 0.466 e. The van der Waals surface area contributed by atoms with Crippen molar-refractivity contribution >= 4 is 0 Å². The number of furan rings is 1. The van der Waals surface area contributed by atoms with Crippen LogP contribution in [0.1, 0.15) is 24.0 Å². The minimum Gasteiger partial charge on any atom is -0.466 e. The Balaban J connectivity index is 2.37. The van der Waals surface area contributed by atoms with E-state index in [1.54, 1.807) is 0 Å². The lowest BCUT2D eigenvalue weighted by molar-refractivity contribution is 0.120. The normalized spacial score (nSPS) is 11.3. The lowest BCUT2D eigenvalue weighted by atomic mass is 10.2. The average Bonchev–Trinajstić information content (AvgIpc) is 2.45. The van der Waals surface area contributed by atoms with Crippen LogP contribution in [-0.2, 0) is 11.3 Å². The molecular weight excluding hydrogens is 190 g/mol. The molecule has 15 heavy (non-hydrogen) atoms. The quantitative estimate of drug-likeness (QED) is 0.675. The van der Waals surface area contributed by atoms with Crippen molar-refractivity contribution in [3.8, 4) is 0 Å². The molecule has 0 spiro atoms. The highest BCUT2D eigenvalue weighted by atomic mass is 16.5. The average molecular weight is 211 g/mol. The molecule has 0 aliphatic carbocycles. The zero-order valence-electron chi connectivity index (χ0n) is 10.2. The van der Waals surface area contributed by atoms with Gasteiger partial charge in [0.25, 0.3) is 0 Å². The van der Waals surface area contributed by atoms with Gasteiger partial charge < -0.3 is 9.15 Å². The third-order valence-corrected chi connectivity index (χ3v) is 2.41. The standard InChI is InChI=1S/C12H21NO2/c1-5-14-7-6-13(4)9-12-8-10(2)15-11(12)3/h8H,5-7,9H2,1-4H3. The highest BCUT2D eigenvalue weighted by Crippen LogP contribution is 2.14. The summed E-state index contributed by atoms with van der Waals surface area (Å²) in [6.45, 7) is 9.48. The smallest absolute Gasteiger partial charge is 0.105 e. The van der Waals surface area contributed by atoms with Crippen LogP contribution in [0.5, 0.6) is 0 Å². The highest BCUT2D eigenvalue weighted by Gasteiger charge is 2.07. The number of likely N-dealkylation sites (N-methyl/N-ethyl adjacent to an activating group) is 1. The fourth-order valence-electron chi connectivity index (χ4n) is 1.58. The van der Waals surface area contributed by atoms with E-state index in [0.717, 1.165) is 37.8 Å². The lowest BCUT2D eigenvalue weighted by Crippen LogP contribution is -2.22. The Hall–Kier alpha value is -0.800. The van der Waals surface area contributed by atoms with Crippen molar-refractivity contribution in [1.82, 2.24) is 4.90 Å². The van der Waals surface area contributed by atoms with Gasteiger partial charge in [0.2, 0.25) is 0 Å². The minimum atomic E-state index is 0.789. The van der Waals surface area contributed by atoms with Crippen molar-refractivity contribution < 1.29 is 9.15 Å². The maximum Gasteiger partial charge on any atom is 0.105 e. The molecule has 0 aliphatic rings. The molecule has 0 fully saturated rings. The van der Waals surface area contributed by atoms with E-state index in [0.29, 0.717) is 0 Å². The molecule has 0 aliphatic heterocycles. The van der Waals surface area contributed by atoms with E-state index >= 15 is 0 Å². The van der Waals surface area contributed by atoms with Crippen molar-refractivity contribution in [2.75, 3.05) is 26.8 Å². The Kier molecular flexibility index (Phi) is 4.85. The third-order valence-electron chi connectivity index (χ3n) is 2.41. The Bertz CT molecular complexity index is 294. The Morgan fingerprint density at radius 3 is 2.67 bits per heavy atom. The van der Waals surface area contributed by atoms with E-state index in [-0.39, 0.29) is 0 Å². The second-order valence-corrected chi connectivity index (χ2v) is 3.87. The summed E-state index contributed by atoms with van der Waals surface area (Å²) >= 11 is 0. The van der Waals surface area contributed by atoms with Gasteiger partial charge in [0.15, 0.2) is 0 Å². The number of nitrogens with zero attached hydrogens (tertiary/aromatic N) is 1. The van der Waals surface area contributed by atoms with Gasteiger partial charge in [-0.05, 0) is 33.9 Å². The van der Waals surface area contributed by atoms with Gasteiger partial charge in [0, 0.05) is 25.3 Å². The Morgan fingerprint density at radius 1 is 1.40 bits per heavy atom. The van der Waals surface area contributed by atoms with Gasteiger partial charge in [-0.15, -0.1) is 0 Å². The maximum absolute atomic E-state index is 5.48. The molecule has 0 atom stereocenters. The van der Waals surface area contributed by atoms with Gasteiger partial charge >= 0.3 is 0 Å². The van der Waals surface area contributed by atoms with Crippen LogP contribution in [0.4, 0.5) is 0 Å². The van der Waals surface area contributed by atoms with E-state index in [1.807, 2.05) is 20.8 Å².